The summed E-state index contributed by atoms with van der Waals surface area (Å²) in [7, 11) is 0. The highest BCUT2D eigenvalue weighted by molar-refractivity contribution is 5.95. The first-order valence-corrected chi connectivity index (χ1v) is 11.9. The summed E-state index contributed by atoms with van der Waals surface area (Å²) in [6, 6.07) is -7.70. The molecule has 0 radical (unpaired) electrons. The lowest BCUT2D eigenvalue weighted by Gasteiger charge is -2.22. The Hall–Kier alpha value is -4.24. The molecule has 0 saturated heterocycles. The van der Waals surface area contributed by atoms with Crippen molar-refractivity contribution < 1.29 is 63.9 Å². The first-order valence-electron chi connectivity index (χ1n) is 11.9. The maximum absolute atomic E-state index is 12.3. The lowest BCUT2D eigenvalue weighted by molar-refractivity contribution is -0.139. The zero-order valence-corrected chi connectivity index (χ0v) is 21.7. The number of rotatable bonds is 20. The van der Waals surface area contributed by atoms with Crippen molar-refractivity contribution in [3.8, 4) is 0 Å². The minimum Gasteiger partial charge on any atom is -0.480 e. The Balaban J connectivity index is 4.90. The smallest absolute Gasteiger partial charge is 0.320 e. The standard InChI is InChI=1S/C21H35N7O13/c22-10(21(40)41)1-2-15(34)25-13(8-32)19(38)28-12(7-31)18(37)24-5-16(35)26-14(9-33)20(39)27-11(6-30)17(36)23-3-4-29/h4,10-14,30-33H,1-3,5-9,22H2,(H,23,36)(H,24,37)(H,25,34)(H,26,35)(H,27,39)(H,28,38)(H,40,41). The molecule has 0 aliphatic rings. The number of nitrogens with one attached hydrogen (secondary N) is 6. The fourth-order valence-corrected chi connectivity index (χ4v) is 2.80. The zero-order chi connectivity index (χ0) is 31.5. The number of aliphatic carboxylic acids is 1. The minimum atomic E-state index is -1.66. The summed E-state index contributed by atoms with van der Waals surface area (Å²) in [4.78, 5) is 93.8. The number of aliphatic hydroxyl groups is 4. The van der Waals surface area contributed by atoms with Crippen LogP contribution < -0.4 is 37.6 Å². The normalized spacial score (nSPS) is 14.2. The second kappa shape index (κ2) is 19.8. The second-order valence-corrected chi connectivity index (χ2v) is 8.21. The van der Waals surface area contributed by atoms with Crippen molar-refractivity contribution in [1.29, 1.82) is 0 Å². The number of nitrogens with two attached hydrogens (primary N) is 1. The highest BCUT2D eigenvalue weighted by atomic mass is 16.4. The van der Waals surface area contributed by atoms with Crippen LogP contribution in [0.3, 0.4) is 0 Å². The maximum Gasteiger partial charge on any atom is 0.320 e. The Kier molecular flexibility index (Phi) is 17.7. The summed E-state index contributed by atoms with van der Waals surface area (Å²) in [5.74, 6) is -7.39. The molecule has 41 heavy (non-hydrogen) atoms. The number of hydrogen-bond donors (Lipinski definition) is 12. The zero-order valence-electron chi connectivity index (χ0n) is 21.7. The summed E-state index contributed by atoms with van der Waals surface area (Å²) in [6.45, 7) is -4.93. The number of carboxylic acids is 1. The highest BCUT2D eigenvalue weighted by Crippen LogP contribution is 1.97. The van der Waals surface area contributed by atoms with Crippen molar-refractivity contribution in [2.24, 2.45) is 5.73 Å². The van der Waals surface area contributed by atoms with E-state index >= 15 is 0 Å². The number of aliphatic hydroxyl groups excluding tert-OH is 4. The highest BCUT2D eigenvalue weighted by Gasteiger charge is 2.28. The lowest BCUT2D eigenvalue weighted by atomic mass is 10.1. The third-order valence-corrected chi connectivity index (χ3v) is 5.08. The Bertz CT molecular complexity index is 949. The molecule has 232 valence electrons. The first-order chi connectivity index (χ1) is 19.3. The van der Waals surface area contributed by atoms with Gasteiger partial charge in [-0.1, -0.05) is 0 Å². The van der Waals surface area contributed by atoms with Crippen LogP contribution in [-0.4, -0.2) is 143 Å². The molecule has 20 nitrogen and oxygen atoms in total. The molecule has 0 aromatic rings. The molecule has 0 saturated carbocycles. The van der Waals surface area contributed by atoms with Gasteiger partial charge in [-0.05, 0) is 6.42 Å². The molecule has 0 rings (SSSR count). The van der Waals surface area contributed by atoms with Crippen molar-refractivity contribution in [2.75, 3.05) is 39.5 Å². The molecular weight excluding hydrogens is 558 g/mol. The largest absolute Gasteiger partial charge is 0.480 e. The number of aldehydes is 1. The number of carbonyl (C=O) groups excluding carboxylic acids is 7. The predicted molar refractivity (Wildman–Crippen MR) is 133 cm³/mol. The van der Waals surface area contributed by atoms with E-state index < -0.39 is 111 Å². The van der Waals surface area contributed by atoms with Crippen LogP contribution in [0.2, 0.25) is 0 Å². The summed E-state index contributed by atoms with van der Waals surface area (Å²) >= 11 is 0. The van der Waals surface area contributed by atoms with Crippen LogP contribution in [0.15, 0.2) is 0 Å². The summed E-state index contributed by atoms with van der Waals surface area (Å²) in [5, 5.41) is 58.6. The number of carboxylic acid groups (broad SMARTS) is 1. The minimum absolute atomic E-state index is 0.262. The predicted octanol–water partition coefficient (Wildman–Crippen LogP) is -8.48. The van der Waals surface area contributed by atoms with Crippen molar-refractivity contribution in [2.45, 2.75) is 43.1 Å². The topological polar surface area (TPSA) is 336 Å². The van der Waals surface area contributed by atoms with Gasteiger partial charge in [0.25, 0.3) is 0 Å². The van der Waals surface area contributed by atoms with Gasteiger partial charge in [-0.3, -0.25) is 33.6 Å². The molecule has 0 heterocycles. The maximum atomic E-state index is 12.3. The van der Waals surface area contributed by atoms with Gasteiger partial charge in [0.1, 0.15) is 36.5 Å². The molecular formula is C21H35N7O13. The number of carbonyl (C=O) groups is 8. The van der Waals surface area contributed by atoms with E-state index in [0.717, 1.165) is 0 Å². The SMILES string of the molecule is NC(CCC(=O)NC(CO)C(=O)NC(CO)C(=O)NCC(=O)NC(CO)C(=O)NC(CO)C(=O)NCC=O)C(=O)O. The molecule has 5 atom stereocenters. The number of hydrogen-bond acceptors (Lipinski definition) is 13. The van der Waals surface area contributed by atoms with Gasteiger partial charge in [0.2, 0.25) is 35.4 Å². The van der Waals surface area contributed by atoms with Gasteiger partial charge in [-0.2, -0.15) is 0 Å². The van der Waals surface area contributed by atoms with E-state index in [4.69, 9.17) is 10.8 Å². The van der Waals surface area contributed by atoms with Crippen LogP contribution in [-0.2, 0) is 38.4 Å². The van der Waals surface area contributed by atoms with E-state index in [-0.39, 0.29) is 13.0 Å². The van der Waals surface area contributed by atoms with Gasteiger partial charge >= 0.3 is 5.97 Å². The number of amides is 6. The fourth-order valence-electron chi connectivity index (χ4n) is 2.80. The molecule has 6 amide bonds. The van der Waals surface area contributed by atoms with Crippen LogP contribution in [0.5, 0.6) is 0 Å². The molecule has 0 aromatic heterocycles. The van der Waals surface area contributed by atoms with E-state index in [1.807, 2.05) is 16.0 Å². The van der Waals surface area contributed by atoms with Crippen LogP contribution in [0.4, 0.5) is 0 Å². The Morgan fingerprint density at radius 1 is 0.634 bits per heavy atom. The first kappa shape index (κ1) is 36.8. The molecule has 0 spiro atoms. The Morgan fingerprint density at radius 3 is 1.46 bits per heavy atom. The van der Waals surface area contributed by atoms with Crippen molar-refractivity contribution in [3.63, 3.8) is 0 Å². The molecule has 0 aliphatic heterocycles. The lowest BCUT2D eigenvalue weighted by Crippen LogP contribution is -2.58. The van der Waals surface area contributed by atoms with Crippen LogP contribution in [0.1, 0.15) is 12.8 Å². The van der Waals surface area contributed by atoms with Gasteiger partial charge in [0, 0.05) is 6.42 Å². The van der Waals surface area contributed by atoms with Gasteiger partial charge in [-0.15, -0.1) is 0 Å². The van der Waals surface area contributed by atoms with Gasteiger partial charge in [0.05, 0.1) is 39.5 Å². The average molecular weight is 594 g/mol. The van der Waals surface area contributed by atoms with E-state index in [9.17, 15) is 58.8 Å². The molecule has 0 bridgehead atoms. The monoisotopic (exact) mass is 593 g/mol. The third kappa shape index (κ3) is 14.1. The van der Waals surface area contributed by atoms with E-state index in [0.29, 0.717) is 6.29 Å². The Morgan fingerprint density at radius 2 is 1.05 bits per heavy atom. The van der Waals surface area contributed by atoms with Crippen molar-refractivity contribution in [1.82, 2.24) is 31.9 Å². The van der Waals surface area contributed by atoms with E-state index in [1.54, 1.807) is 0 Å². The summed E-state index contributed by atoms with van der Waals surface area (Å²) < 4.78 is 0. The molecule has 13 N–H and O–H groups in total. The Labute approximate surface area is 232 Å². The summed E-state index contributed by atoms with van der Waals surface area (Å²) in [5.41, 5.74) is 5.28. The molecule has 5 unspecified atom stereocenters. The van der Waals surface area contributed by atoms with E-state index in [1.165, 1.54) is 0 Å². The van der Waals surface area contributed by atoms with Crippen LogP contribution in [0.25, 0.3) is 0 Å². The quantitative estimate of drug-likeness (QED) is 0.0583. The van der Waals surface area contributed by atoms with Crippen LogP contribution >= 0.6 is 0 Å². The van der Waals surface area contributed by atoms with Crippen molar-refractivity contribution in [3.05, 3.63) is 0 Å². The van der Waals surface area contributed by atoms with Crippen LogP contribution in [0, 0.1) is 0 Å². The average Bonchev–Trinajstić information content (AvgIpc) is 2.95. The summed E-state index contributed by atoms with van der Waals surface area (Å²) in [6.07, 6.45) is -0.293. The van der Waals surface area contributed by atoms with Gasteiger partial charge in [-0.25, -0.2) is 0 Å². The van der Waals surface area contributed by atoms with Gasteiger partial charge < -0.3 is 68.0 Å². The van der Waals surface area contributed by atoms with E-state index in [2.05, 4.69) is 16.0 Å². The second-order valence-electron chi connectivity index (χ2n) is 8.21. The molecule has 0 aromatic carbocycles. The third-order valence-electron chi connectivity index (χ3n) is 5.08. The molecule has 0 aliphatic carbocycles. The van der Waals surface area contributed by atoms with Crippen molar-refractivity contribution >= 4 is 47.7 Å². The molecule has 20 heteroatoms. The molecule has 0 fully saturated rings. The fraction of sp³-hybridized carbons (Fsp3) is 0.619. The van der Waals surface area contributed by atoms with Gasteiger partial charge in [0.15, 0.2) is 0 Å².